The van der Waals surface area contributed by atoms with Crippen molar-refractivity contribution in [2.45, 2.75) is 31.7 Å². The summed E-state index contributed by atoms with van der Waals surface area (Å²) < 4.78 is 10.5. The SMILES string of the molecule is COc1cc(OC)cc(N2CC(C(=O)N3CCCCC3C(=O)O)CC2=O)c1. The maximum Gasteiger partial charge on any atom is 0.326 e. The molecule has 0 spiro atoms. The summed E-state index contributed by atoms with van der Waals surface area (Å²) in [6, 6.07) is 4.34. The van der Waals surface area contributed by atoms with Crippen LogP contribution in [0.15, 0.2) is 18.2 Å². The minimum absolute atomic E-state index is 0.0706. The van der Waals surface area contributed by atoms with Crippen molar-refractivity contribution < 1.29 is 29.0 Å². The molecular formula is C19H24N2O6. The summed E-state index contributed by atoms with van der Waals surface area (Å²) in [6.07, 6.45) is 2.10. The molecule has 0 bridgehead atoms. The second-order valence-corrected chi connectivity index (χ2v) is 6.86. The summed E-state index contributed by atoms with van der Waals surface area (Å²) >= 11 is 0. The lowest BCUT2D eigenvalue weighted by molar-refractivity contribution is -0.153. The molecule has 2 aliphatic rings. The lowest BCUT2D eigenvalue weighted by Gasteiger charge is -2.34. The Kier molecular flexibility index (Phi) is 5.53. The molecule has 27 heavy (non-hydrogen) atoms. The Labute approximate surface area is 157 Å². The van der Waals surface area contributed by atoms with Crippen molar-refractivity contribution in [2.24, 2.45) is 5.92 Å². The minimum atomic E-state index is -0.984. The van der Waals surface area contributed by atoms with E-state index in [9.17, 15) is 19.5 Å². The number of benzene rings is 1. The quantitative estimate of drug-likeness (QED) is 0.837. The number of amides is 2. The average molecular weight is 376 g/mol. The number of methoxy groups -OCH3 is 2. The molecule has 2 saturated heterocycles. The van der Waals surface area contributed by atoms with Crippen molar-refractivity contribution in [1.82, 2.24) is 4.90 Å². The number of rotatable bonds is 5. The number of carbonyl (C=O) groups is 3. The number of anilines is 1. The third-order valence-electron chi connectivity index (χ3n) is 5.19. The smallest absolute Gasteiger partial charge is 0.326 e. The molecule has 0 saturated carbocycles. The minimum Gasteiger partial charge on any atom is -0.497 e. The molecular weight excluding hydrogens is 352 g/mol. The monoisotopic (exact) mass is 376 g/mol. The Morgan fingerprint density at radius 2 is 1.78 bits per heavy atom. The molecule has 0 aromatic heterocycles. The van der Waals surface area contributed by atoms with E-state index in [0.29, 0.717) is 30.2 Å². The number of carbonyl (C=O) groups excluding carboxylic acids is 2. The zero-order valence-corrected chi connectivity index (χ0v) is 15.5. The van der Waals surface area contributed by atoms with Crippen LogP contribution in [-0.4, -0.2) is 61.1 Å². The lowest BCUT2D eigenvalue weighted by atomic mass is 9.98. The Hall–Kier alpha value is -2.77. The maximum absolute atomic E-state index is 12.9. The Morgan fingerprint density at radius 3 is 2.37 bits per heavy atom. The van der Waals surface area contributed by atoms with Gasteiger partial charge in [0.15, 0.2) is 0 Å². The van der Waals surface area contributed by atoms with Crippen LogP contribution in [0.2, 0.25) is 0 Å². The highest BCUT2D eigenvalue weighted by atomic mass is 16.5. The van der Waals surface area contributed by atoms with Crippen LogP contribution in [0, 0.1) is 5.92 Å². The number of piperidine rings is 1. The molecule has 2 unspecified atom stereocenters. The standard InChI is InChI=1S/C19H24N2O6/c1-26-14-8-13(9-15(10-14)27-2)21-11-12(7-17(21)22)18(23)20-6-4-3-5-16(20)19(24)25/h8-10,12,16H,3-7,11H2,1-2H3,(H,24,25). The van der Waals surface area contributed by atoms with Gasteiger partial charge < -0.3 is 24.4 Å². The third kappa shape index (κ3) is 3.84. The molecule has 8 nitrogen and oxygen atoms in total. The molecule has 1 aromatic rings. The summed E-state index contributed by atoms with van der Waals surface area (Å²) in [7, 11) is 3.05. The molecule has 3 rings (SSSR count). The Bertz CT molecular complexity index is 727. The van der Waals surface area contributed by atoms with Crippen molar-refractivity contribution in [3.8, 4) is 11.5 Å². The number of nitrogens with zero attached hydrogens (tertiary/aromatic N) is 2. The fraction of sp³-hybridized carbons (Fsp3) is 0.526. The van der Waals surface area contributed by atoms with Gasteiger partial charge in [-0.25, -0.2) is 4.79 Å². The Morgan fingerprint density at radius 1 is 1.11 bits per heavy atom. The average Bonchev–Trinajstić information content (AvgIpc) is 3.08. The van der Waals surface area contributed by atoms with Crippen molar-refractivity contribution in [3.05, 3.63) is 18.2 Å². The van der Waals surface area contributed by atoms with Crippen LogP contribution in [0.4, 0.5) is 5.69 Å². The predicted octanol–water partition coefficient (Wildman–Crippen LogP) is 1.52. The van der Waals surface area contributed by atoms with Gasteiger partial charge in [-0.15, -0.1) is 0 Å². The van der Waals surface area contributed by atoms with Gasteiger partial charge >= 0.3 is 5.97 Å². The van der Waals surface area contributed by atoms with E-state index >= 15 is 0 Å². The fourth-order valence-electron chi connectivity index (χ4n) is 3.76. The van der Waals surface area contributed by atoms with Gasteiger partial charge in [0, 0.05) is 37.7 Å². The number of aliphatic carboxylic acids is 1. The van der Waals surface area contributed by atoms with E-state index in [1.165, 1.54) is 24.0 Å². The van der Waals surface area contributed by atoms with Crippen LogP contribution < -0.4 is 14.4 Å². The molecule has 2 amide bonds. The van der Waals surface area contributed by atoms with E-state index in [-0.39, 0.29) is 24.8 Å². The van der Waals surface area contributed by atoms with Crippen LogP contribution in [-0.2, 0) is 14.4 Å². The first kappa shape index (κ1) is 19.0. The van der Waals surface area contributed by atoms with E-state index in [2.05, 4.69) is 0 Å². The van der Waals surface area contributed by atoms with Crippen molar-refractivity contribution in [3.63, 3.8) is 0 Å². The fourth-order valence-corrected chi connectivity index (χ4v) is 3.76. The number of carboxylic acids is 1. The second kappa shape index (κ2) is 7.85. The van der Waals surface area contributed by atoms with Gasteiger partial charge in [0.2, 0.25) is 11.8 Å². The zero-order chi connectivity index (χ0) is 19.6. The molecule has 2 aliphatic heterocycles. The topological polar surface area (TPSA) is 96.4 Å². The van der Waals surface area contributed by atoms with Gasteiger partial charge in [0.25, 0.3) is 0 Å². The van der Waals surface area contributed by atoms with Crippen molar-refractivity contribution in [2.75, 3.05) is 32.2 Å². The molecule has 8 heteroatoms. The summed E-state index contributed by atoms with van der Waals surface area (Å²) in [5.41, 5.74) is 0.597. The van der Waals surface area contributed by atoms with Crippen LogP contribution in [0.5, 0.6) is 11.5 Å². The highest BCUT2D eigenvalue weighted by Gasteiger charge is 2.41. The van der Waals surface area contributed by atoms with E-state index in [1.54, 1.807) is 18.2 Å². The molecule has 0 radical (unpaired) electrons. The first-order valence-corrected chi connectivity index (χ1v) is 9.01. The molecule has 1 aromatic carbocycles. The van der Waals surface area contributed by atoms with Crippen molar-refractivity contribution in [1.29, 1.82) is 0 Å². The molecule has 2 atom stereocenters. The van der Waals surface area contributed by atoms with Crippen LogP contribution in [0.3, 0.4) is 0 Å². The summed E-state index contributed by atoms with van der Waals surface area (Å²) in [6.45, 7) is 0.643. The maximum atomic E-state index is 12.9. The highest BCUT2D eigenvalue weighted by molar-refractivity contribution is 6.01. The van der Waals surface area contributed by atoms with Gasteiger partial charge in [-0.1, -0.05) is 0 Å². The molecule has 146 valence electrons. The number of likely N-dealkylation sites (tertiary alicyclic amines) is 1. The van der Waals surface area contributed by atoms with Gasteiger partial charge in [0.1, 0.15) is 17.5 Å². The normalized spacial score (nSPS) is 22.7. The third-order valence-corrected chi connectivity index (χ3v) is 5.19. The van der Waals surface area contributed by atoms with Gasteiger partial charge in [-0.2, -0.15) is 0 Å². The summed E-state index contributed by atoms with van der Waals surface area (Å²) in [4.78, 5) is 39.9. The van der Waals surface area contributed by atoms with E-state index in [1.807, 2.05) is 0 Å². The van der Waals surface area contributed by atoms with Crippen LogP contribution >= 0.6 is 0 Å². The molecule has 2 heterocycles. The summed E-state index contributed by atoms with van der Waals surface area (Å²) in [5, 5.41) is 9.40. The number of hydrogen-bond donors (Lipinski definition) is 1. The van der Waals surface area contributed by atoms with Crippen molar-refractivity contribution >= 4 is 23.5 Å². The lowest BCUT2D eigenvalue weighted by Crippen LogP contribution is -2.50. The van der Waals surface area contributed by atoms with Crippen LogP contribution in [0.25, 0.3) is 0 Å². The number of ether oxygens (including phenoxy) is 2. The first-order chi connectivity index (χ1) is 12.9. The largest absolute Gasteiger partial charge is 0.497 e. The van der Waals surface area contributed by atoms with E-state index in [4.69, 9.17) is 9.47 Å². The van der Waals surface area contributed by atoms with E-state index in [0.717, 1.165) is 12.8 Å². The summed E-state index contributed by atoms with van der Waals surface area (Å²) in [5.74, 6) is -0.862. The van der Waals surface area contributed by atoms with Gasteiger partial charge in [-0.05, 0) is 19.3 Å². The second-order valence-electron chi connectivity index (χ2n) is 6.86. The Balaban J connectivity index is 1.79. The predicted molar refractivity (Wildman–Crippen MR) is 97.0 cm³/mol. The molecule has 0 aliphatic carbocycles. The first-order valence-electron chi connectivity index (χ1n) is 9.01. The van der Waals surface area contributed by atoms with Gasteiger partial charge in [-0.3, -0.25) is 9.59 Å². The number of hydrogen-bond acceptors (Lipinski definition) is 5. The van der Waals surface area contributed by atoms with E-state index < -0.39 is 17.9 Å². The zero-order valence-electron chi connectivity index (χ0n) is 15.5. The highest BCUT2D eigenvalue weighted by Crippen LogP contribution is 2.33. The molecule has 1 N–H and O–H groups in total. The van der Waals surface area contributed by atoms with Crippen LogP contribution in [0.1, 0.15) is 25.7 Å². The van der Waals surface area contributed by atoms with Gasteiger partial charge in [0.05, 0.1) is 25.8 Å². The molecule has 2 fully saturated rings. The number of carboxylic acid groups (broad SMARTS) is 1.